The highest BCUT2D eigenvalue weighted by Crippen LogP contribution is 2.11. The van der Waals surface area contributed by atoms with E-state index in [1.54, 1.807) is 0 Å². The number of hydrogen-bond donors (Lipinski definition) is 1. The Labute approximate surface area is 72.9 Å². The van der Waals surface area contributed by atoms with E-state index in [0.29, 0.717) is 6.04 Å². The molecule has 66 valence electrons. The van der Waals surface area contributed by atoms with E-state index in [1.165, 1.54) is 6.20 Å². The fourth-order valence-electron chi connectivity index (χ4n) is 1.03. The first-order valence-corrected chi connectivity index (χ1v) is 4.09. The SMILES string of the molecule is Cc1nn(C(C)C)cc1/C=C\N. The minimum atomic E-state index is 0.406. The minimum absolute atomic E-state index is 0.406. The van der Waals surface area contributed by atoms with Crippen LogP contribution >= 0.6 is 0 Å². The Balaban J connectivity index is 3.00. The van der Waals surface area contributed by atoms with Crippen LogP contribution in [0, 0.1) is 6.92 Å². The van der Waals surface area contributed by atoms with Crippen LogP contribution in [0.5, 0.6) is 0 Å². The first-order chi connectivity index (χ1) is 5.65. The largest absolute Gasteiger partial charge is 0.405 e. The van der Waals surface area contributed by atoms with Gasteiger partial charge in [0.1, 0.15) is 0 Å². The molecule has 12 heavy (non-hydrogen) atoms. The van der Waals surface area contributed by atoms with E-state index in [-0.39, 0.29) is 0 Å². The van der Waals surface area contributed by atoms with Crippen molar-refractivity contribution in [3.05, 3.63) is 23.7 Å². The number of rotatable bonds is 2. The highest BCUT2D eigenvalue weighted by molar-refractivity contribution is 5.49. The molecule has 0 aromatic carbocycles. The minimum Gasteiger partial charge on any atom is -0.405 e. The van der Waals surface area contributed by atoms with Gasteiger partial charge in [-0.3, -0.25) is 4.68 Å². The number of aryl methyl sites for hydroxylation is 1. The van der Waals surface area contributed by atoms with Crippen LogP contribution in [0.1, 0.15) is 31.1 Å². The summed E-state index contributed by atoms with van der Waals surface area (Å²) in [5, 5.41) is 4.34. The van der Waals surface area contributed by atoms with Gasteiger partial charge in [0, 0.05) is 17.8 Å². The fraction of sp³-hybridized carbons (Fsp3) is 0.444. The predicted octanol–water partition coefficient (Wildman–Crippen LogP) is 1.70. The third-order valence-corrected chi connectivity index (χ3v) is 1.76. The molecule has 0 atom stereocenters. The number of nitrogens with zero attached hydrogens (tertiary/aromatic N) is 2. The lowest BCUT2D eigenvalue weighted by molar-refractivity contribution is 0.529. The molecule has 0 fully saturated rings. The standard InChI is InChI=1S/C9H15N3/c1-7(2)12-6-9(4-5-10)8(3)11-12/h4-7H,10H2,1-3H3/b5-4-. The molecule has 0 radical (unpaired) electrons. The van der Waals surface area contributed by atoms with Gasteiger partial charge in [0.25, 0.3) is 0 Å². The van der Waals surface area contributed by atoms with Crippen LogP contribution in [0.4, 0.5) is 0 Å². The second kappa shape index (κ2) is 3.43. The quantitative estimate of drug-likeness (QED) is 0.724. The molecule has 0 aliphatic heterocycles. The summed E-state index contributed by atoms with van der Waals surface area (Å²) in [7, 11) is 0. The van der Waals surface area contributed by atoms with Gasteiger partial charge >= 0.3 is 0 Å². The van der Waals surface area contributed by atoms with Gasteiger partial charge < -0.3 is 5.73 Å². The summed E-state index contributed by atoms with van der Waals surface area (Å²) in [5.74, 6) is 0. The van der Waals surface area contributed by atoms with E-state index in [1.807, 2.05) is 23.9 Å². The number of nitrogens with two attached hydrogens (primary N) is 1. The molecule has 1 rings (SSSR count). The van der Waals surface area contributed by atoms with Gasteiger partial charge in [0.2, 0.25) is 0 Å². The Bertz CT molecular complexity index is 284. The molecule has 0 aliphatic carbocycles. The first-order valence-electron chi connectivity index (χ1n) is 4.09. The smallest absolute Gasteiger partial charge is 0.0666 e. The second-order valence-electron chi connectivity index (χ2n) is 3.10. The lowest BCUT2D eigenvalue weighted by atomic mass is 10.2. The monoisotopic (exact) mass is 165 g/mol. The van der Waals surface area contributed by atoms with E-state index in [0.717, 1.165) is 11.3 Å². The summed E-state index contributed by atoms with van der Waals surface area (Å²) < 4.78 is 1.94. The van der Waals surface area contributed by atoms with Crippen LogP contribution in [0.3, 0.4) is 0 Å². The van der Waals surface area contributed by atoms with Crippen LogP contribution in [0.15, 0.2) is 12.4 Å². The lowest BCUT2D eigenvalue weighted by Gasteiger charge is -2.02. The molecule has 0 aliphatic rings. The van der Waals surface area contributed by atoms with Crippen molar-refractivity contribution in [2.24, 2.45) is 5.73 Å². The van der Waals surface area contributed by atoms with Gasteiger partial charge in [-0.2, -0.15) is 5.10 Å². The van der Waals surface area contributed by atoms with Gasteiger partial charge in [0.15, 0.2) is 0 Å². The lowest BCUT2D eigenvalue weighted by Crippen LogP contribution is -2.00. The Morgan fingerprint density at radius 3 is 2.67 bits per heavy atom. The van der Waals surface area contributed by atoms with E-state index in [4.69, 9.17) is 5.73 Å². The Hall–Kier alpha value is -1.25. The molecule has 0 bridgehead atoms. The van der Waals surface area contributed by atoms with Crippen LogP contribution in [0.25, 0.3) is 6.08 Å². The van der Waals surface area contributed by atoms with Crippen molar-refractivity contribution in [2.45, 2.75) is 26.8 Å². The van der Waals surface area contributed by atoms with Crippen molar-refractivity contribution in [2.75, 3.05) is 0 Å². The molecule has 1 aromatic heterocycles. The zero-order valence-electron chi connectivity index (χ0n) is 7.78. The van der Waals surface area contributed by atoms with E-state index < -0.39 is 0 Å². The summed E-state index contributed by atoms with van der Waals surface area (Å²) >= 11 is 0. The normalized spacial score (nSPS) is 11.7. The van der Waals surface area contributed by atoms with Gasteiger partial charge in [-0.15, -0.1) is 0 Å². The van der Waals surface area contributed by atoms with Crippen LogP contribution < -0.4 is 5.73 Å². The zero-order chi connectivity index (χ0) is 9.14. The summed E-state index contributed by atoms with van der Waals surface area (Å²) in [6.45, 7) is 6.18. The summed E-state index contributed by atoms with van der Waals surface area (Å²) in [6.07, 6.45) is 5.40. The Kier molecular flexibility index (Phi) is 2.53. The van der Waals surface area contributed by atoms with Gasteiger partial charge in [-0.25, -0.2) is 0 Å². The third-order valence-electron chi connectivity index (χ3n) is 1.76. The van der Waals surface area contributed by atoms with Crippen molar-refractivity contribution < 1.29 is 0 Å². The maximum absolute atomic E-state index is 5.30. The number of aromatic nitrogens is 2. The summed E-state index contributed by atoms with van der Waals surface area (Å²) in [4.78, 5) is 0. The molecule has 3 heteroatoms. The molecular formula is C9H15N3. The van der Waals surface area contributed by atoms with Crippen LogP contribution in [-0.2, 0) is 0 Å². The molecule has 3 nitrogen and oxygen atoms in total. The van der Waals surface area contributed by atoms with Crippen molar-refractivity contribution in [1.82, 2.24) is 9.78 Å². The molecule has 0 amide bonds. The van der Waals surface area contributed by atoms with E-state index >= 15 is 0 Å². The molecule has 1 heterocycles. The molecule has 0 saturated carbocycles. The molecule has 0 spiro atoms. The average molecular weight is 165 g/mol. The van der Waals surface area contributed by atoms with Gasteiger partial charge in [-0.1, -0.05) is 0 Å². The van der Waals surface area contributed by atoms with Crippen molar-refractivity contribution in [1.29, 1.82) is 0 Å². The first kappa shape index (κ1) is 8.84. The van der Waals surface area contributed by atoms with Crippen molar-refractivity contribution in [3.63, 3.8) is 0 Å². The van der Waals surface area contributed by atoms with Crippen molar-refractivity contribution in [3.8, 4) is 0 Å². The molecule has 0 saturated heterocycles. The average Bonchev–Trinajstić information content (AvgIpc) is 2.34. The summed E-state index contributed by atoms with van der Waals surface area (Å²) in [5.41, 5.74) is 7.41. The highest BCUT2D eigenvalue weighted by Gasteiger charge is 2.03. The van der Waals surface area contributed by atoms with E-state index in [2.05, 4.69) is 18.9 Å². The van der Waals surface area contributed by atoms with E-state index in [9.17, 15) is 0 Å². The number of hydrogen-bond acceptors (Lipinski definition) is 2. The second-order valence-corrected chi connectivity index (χ2v) is 3.10. The summed E-state index contributed by atoms with van der Waals surface area (Å²) in [6, 6.07) is 0.406. The molecule has 2 N–H and O–H groups in total. The highest BCUT2D eigenvalue weighted by atomic mass is 15.3. The maximum Gasteiger partial charge on any atom is 0.0666 e. The van der Waals surface area contributed by atoms with Gasteiger partial charge in [-0.05, 0) is 33.0 Å². The van der Waals surface area contributed by atoms with Crippen molar-refractivity contribution >= 4 is 6.08 Å². The molecule has 0 unspecified atom stereocenters. The maximum atomic E-state index is 5.30. The predicted molar refractivity (Wildman–Crippen MR) is 50.6 cm³/mol. The molecule has 1 aromatic rings. The topological polar surface area (TPSA) is 43.8 Å². The Morgan fingerprint density at radius 2 is 2.25 bits per heavy atom. The fourth-order valence-corrected chi connectivity index (χ4v) is 1.03. The van der Waals surface area contributed by atoms with Gasteiger partial charge in [0.05, 0.1) is 5.69 Å². The molecular weight excluding hydrogens is 150 g/mol. The van der Waals surface area contributed by atoms with Crippen LogP contribution in [-0.4, -0.2) is 9.78 Å². The van der Waals surface area contributed by atoms with Crippen LogP contribution in [0.2, 0.25) is 0 Å². The zero-order valence-corrected chi connectivity index (χ0v) is 7.78. The third kappa shape index (κ3) is 1.67. The Morgan fingerprint density at radius 1 is 1.58 bits per heavy atom.